The zero-order valence-corrected chi connectivity index (χ0v) is 17.0. The summed E-state index contributed by atoms with van der Waals surface area (Å²) in [7, 11) is -3.84. The zero-order valence-electron chi connectivity index (χ0n) is 15.4. The molecule has 1 unspecified atom stereocenters. The molecule has 1 saturated heterocycles. The van der Waals surface area contributed by atoms with Crippen LogP contribution in [0.1, 0.15) is 25.3 Å². The maximum absolute atomic E-state index is 15.5. The molecule has 0 amide bonds. The summed E-state index contributed by atoms with van der Waals surface area (Å²) in [6, 6.07) is 6.62. The molecule has 0 aromatic heterocycles. The van der Waals surface area contributed by atoms with Gasteiger partial charge in [-0.15, -0.1) is 12.4 Å². The molecule has 1 aromatic rings. The van der Waals surface area contributed by atoms with Crippen molar-refractivity contribution in [1.82, 2.24) is 10.0 Å². The van der Waals surface area contributed by atoms with E-state index in [1.54, 1.807) is 12.2 Å². The first-order valence-corrected chi connectivity index (χ1v) is 10.5. The first kappa shape index (κ1) is 22.9. The van der Waals surface area contributed by atoms with E-state index >= 15 is 4.39 Å². The Kier molecular flexibility index (Phi) is 7.02. The molecule has 28 heavy (non-hydrogen) atoms. The molecule has 4 nitrogen and oxygen atoms in total. The fourth-order valence-corrected chi connectivity index (χ4v) is 4.44. The first-order chi connectivity index (χ1) is 12.6. The number of benzene rings is 1. The summed E-state index contributed by atoms with van der Waals surface area (Å²) in [6.07, 6.45) is 4.55. The third kappa shape index (κ3) is 5.17. The van der Waals surface area contributed by atoms with Crippen molar-refractivity contribution in [3.05, 3.63) is 54.1 Å². The predicted octanol–water partition coefficient (Wildman–Crippen LogP) is 3.47. The molecule has 0 spiro atoms. The van der Waals surface area contributed by atoms with E-state index in [9.17, 15) is 17.2 Å². The standard InChI is InChI=1S/C19H23F3N2O2S.ClH/c1-2-27(25,26)24-17-16(23-13-19(17,21)22)12-18(20)10-6-9-15(11-18)14-7-4-3-5-8-14;/h3-10,16-17,23-24H,2,11-13H2,1H3;1H/t16-,17+,18?;/m0./s1. The minimum absolute atomic E-state index is 0. The molecule has 0 saturated carbocycles. The maximum Gasteiger partial charge on any atom is 0.277 e. The lowest BCUT2D eigenvalue weighted by atomic mass is 9.82. The molecule has 0 bridgehead atoms. The molecule has 1 aliphatic carbocycles. The highest BCUT2D eigenvalue weighted by Crippen LogP contribution is 2.39. The second kappa shape index (κ2) is 8.57. The van der Waals surface area contributed by atoms with E-state index in [1.807, 2.05) is 35.1 Å². The van der Waals surface area contributed by atoms with Crippen LogP contribution in [0.5, 0.6) is 0 Å². The first-order valence-electron chi connectivity index (χ1n) is 8.88. The molecule has 1 aliphatic heterocycles. The SMILES string of the molecule is CCS(=O)(=O)N[C@@H]1[C@H](CC2(F)C=CC=C(c3ccccc3)C2)NCC1(F)F.Cl. The van der Waals surface area contributed by atoms with Gasteiger partial charge in [0.05, 0.1) is 12.3 Å². The van der Waals surface area contributed by atoms with Crippen LogP contribution < -0.4 is 10.0 Å². The number of halogens is 4. The van der Waals surface area contributed by atoms with Gasteiger partial charge < -0.3 is 5.32 Å². The van der Waals surface area contributed by atoms with Gasteiger partial charge in [-0.3, -0.25) is 0 Å². The van der Waals surface area contributed by atoms with Crippen LogP contribution in [-0.2, 0) is 10.0 Å². The highest BCUT2D eigenvalue weighted by molar-refractivity contribution is 7.89. The third-order valence-corrected chi connectivity index (χ3v) is 6.40. The number of allylic oxidation sites excluding steroid dienone is 4. The van der Waals surface area contributed by atoms with Gasteiger partial charge in [0.1, 0.15) is 11.7 Å². The van der Waals surface area contributed by atoms with Gasteiger partial charge in [-0.05, 0) is 24.1 Å². The summed E-state index contributed by atoms with van der Waals surface area (Å²) in [6.45, 7) is 0.686. The van der Waals surface area contributed by atoms with E-state index in [0.29, 0.717) is 0 Å². The van der Waals surface area contributed by atoms with Crippen LogP contribution in [0.3, 0.4) is 0 Å². The van der Waals surface area contributed by atoms with Crippen LogP contribution in [0.15, 0.2) is 48.6 Å². The lowest BCUT2D eigenvalue weighted by Crippen LogP contribution is -2.52. The van der Waals surface area contributed by atoms with E-state index < -0.39 is 40.2 Å². The average molecular weight is 437 g/mol. The normalized spacial score (nSPS) is 29.2. The molecule has 2 aliphatic rings. The molecular weight excluding hydrogens is 413 g/mol. The topological polar surface area (TPSA) is 58.2 Å². The lowest BCUT2D eigenvalue weighted by molar-refractivity contribution is -0.00302. The Morgan fingerprint density at radius 1 is 1.21 bits per heavy atom. The van der Waals surface area contributed by atoms with E-state index in [1.165, 1.54) is 13.0 Å². The molecule has 1 heterocycles. The summed E-state index contributed by atoms with van der Waals surface area (Å²) in [4.78, 5) is 0. The number of hydrogen-bond acceptors (Lipinski definition) is 3. The summed E-state index contributed by atoms with van der Waals surface area (Å²) in [5.41, 5.74) is -0.193. The summed E-state index contributed by atoms with van der Waals surface area (Å²) in [5.74, 6) is -3.59. The van der Waals surface area contributed by atoms with Gasteiger partial charge in [-0.25, -0.2) is 26.3 Å². The lowest BCUT2D eigenvalue weighted by Gasteiger charge is -2.32. The second-order valence-corrected chi connectivity index (χ2v) is 9.12. The van der Waals surface area contributed by atoms with Crippen LogP contribution in [0, 0.1) is 0 Å². The van der Waals surface area contributed by atoms with Gasteiger partial charge in [-0.2, -0.15) is 0 Å². The van der Waals surface area contributed by atoms with Crippen molar-refractivity contribution < 1.29 is 21.6 Å². The molecular formula is C19H24ClF3N2O2S. The fourth-order valence-electron chi connectivity index (χ4n) is 3.55. The minimum atomic E-state index is -3.84. The van der Waals surface area contributed by atoms with Gasteiger partial charge in [0.2, 0.25) is 10.0 Å². The van der Waals surface area contributed by atoms with Gasteiger partial charge >= 0.3 is 0 Å². The van der Waals surface area contributed by atoms with Crippen molar-refractivity contribution in [3.63, 3.8) is 0 Å². The quantitative estimate of drug-likeness (QED) is 0.718. The Balaban J connectivity index is 0.00000280. The molecule has 3 rings (SSSR count). The van der Waals surface area contributed by atoms with Crippen LogP contribution in [-0.4, -0.2) is 44.4 Å². The monoisotopic (exact) mass is 436 g/mol. The Morgan fingerprint density at radius 3 is 2.54 bits per heavy atom. The summed E-state index contributed by atoms with van der Waals surface area (Å²) >= 11 is 0. The second-order valence-electron chi connectivity index (χ2n) is 7.08. The van der Waals surface area contributed by atoms with E-state index in [0.717, 1.165) is 11.1 Å². The van der Waals surface area contributed by atoms with Gasteiger partial charge in [0, 0.05) is 18.9 Å². The number of alkyl halides is 3. The maximum atomic E-state index is 15.5. The molecule has 0 radical (unpaired) electrons. The number of nitrogens with one attached hydrogen (secondary N) is 2. The number of sulfonamides is 1. The highest BCUT2D eigenvalue weighted by Gasteiger charge is 2.53. The van der Waals surface area contributed by atoms with Crippen molar-refractivity contribution in [2.24, 2.45) is 0 Å². The Hall–Kier alpha value is -1.35. The van der Waals surface area contributed by atoms with Crippen molar-refractivity contribution in [1.29, 1.82) is 0 Å². The van der Waals surface area contributed by atoms with E-state index in [4.69, 9.17) is 0 Å². The van der Waals surface area contributed by atoms with Gasteiger partial charge in [0.25, 0.3) is 5.92 Å². The molecule has 3 atom stereocenters. The van der Waals surface area contributed by atoms with Crippen LogP contribution in [0.4, 0.5) is 13.2 Å². The van der Waals surface area contributed by atoms with Gasteiger partial charge in [0.15, 0.2) is 0 Å². The molecule has 2 N–H and O–H groups in total. The van der Waals surface area contributed by atoms with Crippen LogP contribution >= 0.6 is 12.4 Å². The Bertz CT molecular complexity index is 846. The molecule has 1 fully saturated rings. The van der Waals surface area contributed by atoms with Crippen molar-refractivity contribution in [2.75, 3.05) is 12.3 Å². The van der Waals surface area contributed by atoms with Crippen LogP contribution in [0.2, 0.25) is 0 Å². The minimum Gasteiger partial charge on any atom is -0.306 e. The number of hydrogen-bond donors (Lipinski definition) is 2. The van der Waals surface area contributed by atoms with Crippen molar-refractivity contribution in [2.45, 2.75) is 43.4 Å². The third-order valence-electron chi connectivity index (χ3n) is 5.02. The fraction of sp³-hybridized carbons (Fsp3) is 0.474. The Morgan fingerprint density at radius 2 is 1.89 bits per heavy atom. The number of rotatable bonds is 6. The van der Waals surface area contributed by atoms with E-state index in [2.05, 4.69) is 5.32 Å². The van der Waals surface area contributed by atoms with Crippen molar-refractivity contribution >= 4 is 28.0 Å². The molecule has 1 aromatic carbocycles. The van der Waals surface area contributed by atoms with E-state index in [-0.39, 0.29) is 31.0 Å². The predicted molar refractivity (Wildman–Crippen MR) is 107 cm³/mol. The smallest absolute Gasteiger partial charge is 0.277 e. The van der Waals surface area contributed by atoms with Crippen molar-refractivity contribution in [3.8, 4) is 0 Å². The Labute approximate surface area is 169 Å². The average Bonchev–Trinajstić information content (AvgIpc) is 2.89. The molecule has 156 valence electrons. The van der Waals surface area contributed by atoms with Gasteiger partial charge in [-0.1, -0.05) is 42.5 Å². The highest BCUT2D eigenvalue weighted by atomic mass is 35.5. The summed E-state index contributed by atoms with van der Waals surface area (Å²) in [5, 5.41) is 2.60. The largest absolute Gasteiger partial charge is 0.306 e. The summed E-state index contributed by atoms with van der Waals surface area (Å²) < 4.78 is 69.6. The zero-order chi connectivity index (χ0) is 19.7. The van der Waals surface area contributed by atoms with Crippen LogP contribution in [0.25, 0.3) is 5.57 Å². The molecule has 9 heteroatoms.